The van der Waals surface area contributed by atoms with Gasteiger partial charge in [-0.3, -0.25) is 4.90 Å². The van der Waals surface area contributed by atoms with E-state index >= 15 is 0 Å². The average molecular weight is 225 g/mol. The van der Waals surface area contributed by atoms with Gasteiger partial charge in [-0.2, -0.15) is 0 Å². The molecule has 4 heteroatoms. The predicted octanol–water partition coefficient (Wildman–Crippen LogP) is 1.87. The molecule has 0 atom stereocenters. The molecule has 0 aliphatic carbocycles. The molecule has 1 N–H and O–H groups in total. The van der Waals surface area contributed by atoms with E-state index < -0.39 is 0 Å². The Balaban J connectivity index is 2.39. The van der Waals surface area contributed by atoms with E-state index in [9.17, 15) is 0 Å². The molecule has 0 fully saturated rings. The third-order valence-corrected chi connectivity index (χ3v) is 2.27. The van der Waals surface area contributed by atoms with E-state index in [4.69, 9.17) is 4.52 Å². The maximum Gasteiger partial charge on any atom is 0.151 e. The van der Waals surface area contributed by atoms with Crippen LogP contribution in [0, 0.1) is 5.92 Å². The summed E-state index contributed by atoms with van der Waals surface area (Å²) in [5.41, 5.74) is 0.981. The maximum atomic E-state index is 5.28. The van der Waals surface area contributed by atoms with Gasteiger partial charge in [-0.15, -0.1) is 0 Å². The van der Waals surface area contributed by atoms with Crippen molar-refractivity contribution in [2.75, 3.05) is 20.1 Å². The van der Waals surface area contributed by atoms with Gasteiger partial charge in [0.15, 0.2) is 5.76 Å². The fourth-order valence-electron chi connectivity index (χ4n) is 1.72. The number of nitrogens with one attached hydrogen (secondary N) is 1. The van der Waals surface area contributed by atoms with Gasteiger partial charge in [-0.25, -0.2) is 0 Å². The van der Waals surface area contributed by atoms with E-state index in [1.807, 2.05) is 6.07 Å². The van der Waals surface area contributed by atoms with E-state index in [2.05, 4.69) is 43.2 Å². The molecule has 0 aromatic carbocycles. The molecule has 0 amide bonds. The van der Waals surface area contributed by atoms with Crippen LogP contribution in [0.2, 0.25) is 0 Å². The first-order valence-electron chi connectivity index (χ1n) is 5.95. The van der Waals surface area contributed by atoms with Crippen LogP contribution in [-0.4, -0.2) is 30.2 Å². The molecule has 0 aliphatic heterocycles. The molecular weight excluding hydrogens is 202 g/mol. The second kappa shape index (κ2) is 6.66. The smallest absolute Gasteiger partial charge is 0.151 e. The van der Waals surface area contributed by atoms with Gasteiger partial charge in [0, 0.05) is 19.2 Å². The normalized spacial score (nSPS) is 11.6. The van der Waals surface area contributed by atoms with Crippen molar-refractivity contribution in [3.63, 3.8) is 0 Å². The molecule has 1 rings (SSSR count). The zero-order chi connectivity index (χ0) is 12.0. The zero-order valence-corrected chi connectivity index (χ0v) is 10.8. The van der Waals surface area contributed by atoms with Gasteiger partial charge in [-0.05, 0) is 19.5 Å². The Labute approximate surface area is 98.0 Å². The molecule has 0 saturated carbocycles. The van der Waals surface area contributed by atoms with Crippen LogP contribution in [0.1, 0.15) is 32.2 Å². The maximum absolute atomic E-state index is 5.28. The molecule has 0 radical (unpaired) electrons. The summed E-state index contributed by atoms with van der Waals surface area (Å²) in [6.45, 7) is 10.2. The molecule has 1 aromatic heterocycles. The molecular formula is C12H23N3O. The minimum Gasteiger partial charge on any atom is -0.360 e. The summed E-state index contributed by atoms with van der Waals surface area (Å²) < 4.78 is 5.28. The summed E-state index contributed by atoms with van der Waals surface area (Å²) in [5, 5.41) is 7.25. The van der Waals surface area contributed by atoms with E-state index in [1.165, 1.54) is 0 Å². The van der Waals surface area contributed by atoms with Crippen molar-refractivity contribution in [2.24, 2.45) is 5.92 Å². The first-order chi connectivity index (χ1) is 7.61. The molecule has 16 heavy (non-hydrogen) atoms. The first kappa shape index (κ1) is 13.2. The highest BCUT2D eigenvalue weighted by molar-refractivity contribution is 5.04. The molecule has 0 bridgehead atoms. The van der Waals surface area contributed by atoms with Gasteiger partial charge in [0.25, 0.3) is 0 Å². The zero-order valence-electron chi connectivity index (χ0n) is 10.8. The Hall–Kier alpha value is -0.870. The number of hydrogen-bond donors (Lipinski definition) is 1. The van der Waals surface area contributed by atoms with E-state index in [-0.39, 0.29) is 0 Å². The largest absolute Gasteiger partial charge is 0.360 e. The Kier molecular flexibility index (Phi) is 5.49. The molecule has 1 heterocycles. The molecule has 0 aliphatic rings. The standard InChI is InChI=1S/C12H23N3O/c1-5-13-7-11-6-12(16-14-11)9-15(4)8-10(2)3/h6,10,13H,5,7-9H2,1-4H3. The molecule has 0 spiro atoms. The van der Waals surface area contributed by atoms with Gasteiger partial charge in [-0.1, -0.05) is 25.9 Å². The van der Waals surface area contributed by atoms with E-state index in [1.54, 1.807) is 0 Å². The molecule has 4 nitrogen and oxygen atoms in total. The summed E-state index contributed by atoms with van der Waals surface area (Å²) in [7, 11) is 2.10. The minimum absolute atomic E-state index is 0.675. The lowest BCUT2D eigenvalue weighted by atomic mass is 10.2. The summed E-state index contributed by atoms with van der Waals surface area (Å²) in [6, 6.07) is 2.03. The Morgan fingerprint density at radius 2 is 2.25 bits per heavy atom. The van der Waals surface area contributed by atoms with Crippen LogP contribution in [0.3, 0.4) is 0 Å². The van der Waals surface area contributed by atoms with Crippen LogP contribution in [-0.2, 0) is 13.1 Å². The number of hydrogen-bond acceptors (Lipinski definition) is 4. The summed E-state index contributed by atoms with van der Waals surface area (Å²) in [6.07, 6.45) is 0. The van der Waals surface area contributed by atoms with Gasteiger partial charge in [0.05, 0.1) is 12.2 Å². The first-order valence-corrected chi connectivity index (χ1v) is 5.95. The lowest BCUT2D eigenvalue weighted by Crippen LogP contribution is -2.22. The number of rotatable bonds is 7. The highest BCUT2D eigenvalue weighted by Gasteiger charge is 2.08. The topological polar surface area (TPSA) is 41.3 Å². The quantitative estimate of drug-likeness (QED) is 0.769. The van der Waals surface area contributed by atoms with E-state index in [0.717, 1.165) is 37.6 Å². The molecule has 92 valence electrons. The van der Waals surface area contributed by atoms with Crippen molar-refractivity contribution in [1.82, 2.24) is 15.4 Å². The lowest BCUT2D eigenvalue weighted by Gasteiger charge is -2.16. The third kappa shape index (κ3) is 4.77. The van der Waals surface area contributed by atoms with Crippen molar-refractivity contribution in [1.29, 1.82) is 0 Å². The fourth-order valence-corrected chi connectivity index (χ4v) is 1.72. The Bertz CT molecular complexity index is 296. The Morgan fingerprint density at radius 1 is 1.50 bits per heavy atom. The van der Waals surface area contributed by atoms with Gasteiger partial charge >= 0.3 is 0 Å². The predicted molar refractivity (Wildman–Crippen MR) is 65.1 cm³/mol. The lowest BCUT2D eigenvalue weighted by molar-refractivity contribution is 0.249. The molecule has 0 unspecified atom stereocenters. The average Bonchev–Trinajstić information content (AvgIpc) is 2.61. The van der Waals surface area contributed by atoms with Gasteiger partial charge < -0.3 is 9.84 Å². The minimum atomic E-state index is 0.675. The second-order valence-electron chi connectivity index (χ2n) is 4.66. The molecule has 1 aromatic rings. The SMILES string of the molecule is CCNCc1cc(CN(C)CC(C)C)on1. The van der Waals surface area contributed by atoms with Crippen LogP contribution in [0.25, 0.3) is 0 Å². The van der Waals surface area contributed by atoms with Crippen molar-refractivity contribution in [2.45, 2.75) is 33.9 Å². The van der Waals surface area contributed by atoms with Crippen molar-refractivity contribution in [3.05, 3.63) is 17.5 Å². The van der Waals surface area contributed by atoms with Crippen LogP contribution in [0.4, 0.5) is 0 Å². The summed E-state index contributed by atoms with van der Waals surface area (Å²) in [5.74, 6) is 1.62. The number of nitrogens with zero attached hydrogens (tertiary/aromatic N) is 2. The van der Waals surface area contributed by atoms with Gasteiger partial charge in [0.1, 0.15) is 0 Å². The monoisotopic (exact) mass is 225 g/mol. The molecule has 0 saturated heterocycles. The van der Waals surface area contributed by atoms with Crippen molar-refractivity contribution >= 4 is 0 Å². The highest BCUT2D eigenvalue weighted by atomic mass is 16.5. The summed E-state index contributed by atoms with van der Waals surface area (Å²) in [4.78, 5) is 2.25. The van der Waals surface area contributed by atoms with Crippen LogP contribution >= 0.6 is 0 Å². The fraction of sp³-hybridized carbons (Fsp3) is 0.750. The van der Waals surface area contributed by atoms with Crippen molar-refractivity contribution in [3.8, 4) is 0 Å². The van der Waals surface area contributed by atoms with Crippen molar-refractivity contribution < 1.29 is 4.52 Å². The van der Waals surface area contributed by atoms with Crippen LogP contribution < -0.4 is 5.32 Å². The van der Waals surface area contributed by atoms with Crippen LogP contribution in [0.15, 0.2) is 10.6 Å². The summed E-state index contributed by atoms with van der Waals surface area (Å²) >= 11 is 0. The van der Waals surface area contributed by atoms with Crippen LogP contribution in [0.5, 0.6) is 0 Å². The second-order valence-corrected chi connectivity index (χ2v) is 4.66. The highest BCUT2D eigenvalue weighted by Crippen LogP contribution is 2.07. The Morgan fingerprint density at radius 3 is 2.88 bits per heavy atom. The van der Waals surface area contributed by atoms with E-state index in [0.29, 0.717) is 5.92 Å². The number of aromatic nitrogens is 1. The third-order valence-electron chi connectivity index (χ3n) is 2.27. The van der Waals surface area contributed by atoms with Gasteiger partial charge in [0.2, 0.25) is 0 Å².